The quantitative estimate of drug-likeness (QED) is 0.182. The van der Waals surface area contributed by atoms with Crippen LogP contribution in [0, 0.1) is 0 Å². The molecule has 0 saturated carbocycles. The molecular formula is C29H54N2O8. The van der Waals surface area contributed by atoms with Crippen LogP contribution < -0.4 is 10.6 Å². The van der Waals surface area contributed by atoms with Crippen LogP contribution in [0.2, 0.25) is 0 Å². The lowest BCUT2D eigenvalue weighted by Crippen LogP contribution is -2.44. The number of esters is 4. The summed E-state index contributed by atoms with van der Waals surface area (Å²) < 4.78 is 21.7. The number of hydrogen-bond acceptors (Lipinski definition) is 10. The third-order valence-corrected chi connectivity index (χ3v) is 4.60. The highest BCUT2D eigenvalue weighted by molar-refractivity contribution is 5.83. The van der Waals surface area contributed by atoms with Gasteiger partial charge in [0.05, 0.1) is 12.8 Å². The van der Waals surface area contributed by atoms with Crippen molar-refractivity contribution in [2.45, 2.75) is 150 Å². The molecule has 0 heterocycles. The summed E-state index contributed by atoms with van der Waals surface area (Å²) in [6, 6.07) is -1.63. The van der Waals surface area contributed by atoms with Crippen molar-refractivity contribution in [2.24, 2.45) is 0 Å². The van der Waals surface area contributed by atoms with Crippen LogP contribution >= 0.6 is 0 Å². The van der Waals surface area contributed by atoms with E-state index in [0.29, 0.717) is 13.1 Å². The van der Waals surface area contributed by atoms with Crippen molar-refractivity contribution in [1.82, 2.24) is 10.6 Å². The topological polar surface area (TPSA) is 129 Å². The van der Waals surface area contributed by atoms with Crippen LogP contribution in [-0.2, 0) is 38.1 Å². The summed E-state index contributed by atoms with van der Waals surface area (Å²) in [7, 11) is 0. The first-order valence-corrected chi connectivity index (χ1v) is 13.8. The predicted molar refractivity (Wildman–Crippen MR) is 150 cm³/mol. The Morgan fingerprint density at radius 2 is 0.769 bits per heavy atom. The van der Waals surface area contributed by atoms with Gasteiger partial charge in [0, 0.05) is 0 Å². The molecule has 0 aromatic carbocycles. The van der Waals surface area contributed by atoms with Crippen molar-refractivity contribution in [3.63, 3.8) is 0 Å². The summed E-state index contributed by atoms with van der Waals surface area (Å²) in [5, 5.41) is 6.24. The molecule has 10 heteroatoms. The van der Waals surface area contributed by atoms with Gasteiger partial charge in [-0.25, -0.2) is 0 Å². The zero-order valence-electron chi connectivity index (χ0n) is 26.4. The van der Waals surface area contributed by atoms with Gasteiger partial charge in [0.25, 0.3) is 0 Å². The van der Waals surface area contributed by atoms with E-state index in [1.165, 1.54) is 0 Å². The van der Waals surface area contributed by atoms with Crippen LogP contribution in [0.1, 0.15) is 115 Å². The Morgan fingerprint density at radius 3 is 1.03 bits per heavy atom. The van der Waals surface area contributed by atoms with Gasteiger partial charge in [0.1, 0.15) is 34.5 Å². The van der Waals surface area contributed by atoms with Gasteiger partial charge in [-0.1, -0.05) is 6.42 Å². The van der Waals surface area contributed by atoms with Crippen LogP contribution in [-0.4, -0.2) is 71.5 Å². The van der Waals surface area contributed by atoms with Gasteiger partial charge in [-0.2, -0.15) is 0 Å². The van der Waals surface area contributed by atoms with E-state index in [9.17, 15) is 19.2 Å². The zero-order chi connectivity index (χ0) is 30.7. The van der Waals surface area contributed by atoms with Gasteiger partial charge < -0.3 is 29.6 Å². The molecular weight excluding hydrogens is 504 g/mol. The van der Waals surface area contributed by atoms with Crippen molar-refractivity contribution in [1.29, 1.82) is 0 Å². The molecule has 0 bridgehead atoms. The molecule has 2 N–H and O–H groups in total. The average Bonchev–Trinajstić information content (AvgIpc) is 2.65. The molecule has 0 aromatic heterocycles. The Kier molecular flexibility index (Phi) is 14.7. The molecule has 0 rings (SSSR count). The first-order chi connectivity index (χ1) is 17.5. The highest BCUT2D eigenvalue weighted by Gasteiger charge is 2.30. The summed E-state index contributed by atoms with van der Waals surface area (Å²) in [4.78, 5) is 50.0. The highest BCUT2D eigenvalue weighted by atomic mass is 16.6. The largest absolute Gasteiger partial charge is 0.460 e. The van der Waals surface area contributed by atoms with Gasteiger partial charge in [-0.3, -0.25) is 19.2 Å². The molecule has 0 fully saturated rings. The van der Waals surface area contributed by atoms with E-state index in [1.807, 2.05) is 0 Å². The molecule has 0 aliphatic carbocycles. The Morgan fingerprint density at radius 1 is 0.487 bits per heavy atom. The third kappa shape index (κ3) is 21.3. The lowest BCUT2D eigenvalue weighted by atomic mass is 10.1. The minimum atomic E-state index is -0.817. The Labute approximate surface area is 235 Å². The minimum Gasteiger partial charge on any atom is -0.460 e. The molecule has 0 radical (unpaired) electrons. The number of carbonyl (C=O) groups is 4. The Balaban J connectivity index is 4.85. The summed E-state index contributed by atoms with van der Waals surface area (Å²) >= 11 is 0. The minimum absolute atomic E-state index is 0.129. The van der Waals surface area contributed by atoms with Gasteiger partial charge in [-0.05, 0) is 109 Å². The van der Waals surface area contributed by atoms with Crippen molar-refractivity contribution >= 4 is 23.9 Å². The van der Waals surface area contributed by atoms with Crippen molar-refractivity contribution in [3.05, 3.63) is 0 Å². The second-order valence-corrected chi connectivity index (χ2v) is 13.7. The molecule has 39 heavy (non-hydrogen) atoms. The monoisotopic (exact) mass is 558 g/mol. The predicted octanol–water partition coefficient (Wildman–Crippen LogP) is 4.22. The lowest BCUT2D eigenvalue weighted by Gasteiger charge is -2.26. The summed E-state index contributed by atoms with van der Waals surface area (Å²) in [5.74, 6) is -1.96. The number of hydrogen-bond donors (Lipinski definition) is 2. The maximum absolute atomic E-state index is 12.7. The standard InChI is InChI=1S/C29H54N2O8/c1-26(2,3)36-22(32)18-20(24(34)38-28(7,8)9)30-16-14-13-15-17-31-21(25(35)39-29(10,11)12)19-23(33)37-27(4,5)6/h20-21,30-31H,13-19H2,1-12H3. The van der Waals surface area contributed by atoms with Gasteiger partial charge in [0.2, 0.25) is 0 Å². The number of nitrogens with one attached hydrogen (secondary N) is 2. The number of carbonyl (C=O) groups excluding carboxylic acids is 4. The SMILES string of the molecule is CC(C)(C)OC(=O)CC(NCCCCCNC(CC(=O)OC(C)(C)C)C(=O)OC(C)(C)C)C(=O)OC(C)(C)C. The summed E-state index contributed by atoms with van der Waals surface area (Å²) in [6.45, 7) is 22.3. The van der Waals surface area contributed by atoms with Gasteiger partial charge in [-0.15, -0.1) is 0 Å². The second kappa shape index (κ2) is 15.6. The molecule has 0 aliphatic rings. The molecule has 10 nitrogen and oxygen atoms in total. The van der Waals surface area contributed by atoms with Crippen molar-refractivity contribution in [3.8, 4) is 0 Å². The number of rotatable bonds is 14. The fourth-order valence-corrected chi connectivity index (χ4v) is 3.30. The fraction of sp³-hybridized carbons (Fsp3) is 0.862. The maximum Gasteiger partial charge on any atom is 0.324 e. The van der Waals surface area contributed by atoms with E-state index in [4.69, 9.17) is 18.9 Å². The molecule has 0 saturated heterocycles. The van der Waals surface area contributed by atoms with Crippen molar-refractivity contribution in [2.75, 3.05) is 13.1 Å². The zero-order valence-corrected chi connectivity index (χ0v) is 26.4. The Hall–Kier alpha value is -2.20. The molecule has 2 unspecified atom stereocenters. The van der Waals surface area contributed by atoms with Crippen LogP contribution in [0.25, 0.3) is 0 Å². The first-order valence-electron chi connectivity index (χ1n) is 13.8. The average molecular weight is 559 g/mol. The summed E-state index contributed by atoms with van der Waals surface area (Å²) in [6.07, 6.45) is 1.96. The van der Waals surface area contributed by atoms with E-state index >= 15 is 0 Å². The normalized spacial score (nSPS) is 14.3. The van der Waals surface area contributed by atoms with E-state index < -0.39 is 58.4 Å². The van der Waals surface area contributed by atoms with Gasteiger partial charge in [0.15, 0.2) is 0 Å². The molecule has 0 aromatic rings. The van der Waals surface area contributed by atoms with Crippen molar-refractivity contribution < 1.29 is 38.1 Å². The van der Waals surface area contributed by atoms with E-state index in [-0.39, 0.29) is 12.8 Å². The van der Waals surface area contributed by atoms with Crippen LogP contribution in [0.4, 0.5) is 0 Å². The second-order valence-electron chi connectivity index (χ2n) is 13.7. The van der Waals surface area contributed by atoms with Crippen LogP contribution in [0.3, 0.4) is 0 Å². The first kappa shape index (κ1) is 36.8. The van der Waals surface area contributed by atoms with E-state index in [1.54, 1.807) is 83.1 Å². The molecule has 0 amide bonds. The highest BCUT2D eigenvalue weighted by Crippen LogP contribution is 2.15. The molecule has 0 spiro atoms. The number of unbranched alkanes of at least 4 members (excludes halogenated alkanes) is 2. The molecule has 228 valence electrons. The summed E-state index contributed by atoms with van der Waals surface area (Å²) in [5.41, 5.74) is -2.66. The number of ether oxygens (including phenoxy) is 4. The van der Waals surface area contributed by atoms with Crippen LogP contribution in [0.5, 0.6) is 0 Å². The smallest absolute Gasteiger partial charge is 0.324 e. The molecule has 2 atom stereocenters. The maximum atomic E-state index is 12.7. The fourth-order valence-electron chi connectivity index (χ4n) is 3.30. The third-order valence-electron chi connectivity index (χ3n) is 4.60. The molecule has 0 aliphatic heterocycles. The Bertz CT molecular complexity index is 732. The van der Waals surface area contributed by atoms with E-state index in [0.717, 1.165) is 19.3 Å². The van der Waals surface area contributed by atoms with Gasteiger partial charge >= 0.3 is 23.9 Å². The lowest BCUT2D eigenvalue weighted by molar-refractivity contribution is -0.164. The van der Waals surface area contributed by atoms with E-state index in [2.05, 4.69) is 10.6 Å². The van der Waals surface area contributed by atoms with Crippen LogP contribution in [0.15, 0.2) is 0 Å².